The van der Waals surface area contributed by atoms with E-state index in [1.165, 1.54) is 11.8 Å². The van der Waals surface area contributed by atoms with Crippen LogP contribution >= 0.6 is 11.8 Å². The number of aliphatic carboxylic acids is 1. The fourth-order valence-electron chi connectivity index (χ4n) is 0.967. The van der Waals surface area contributed by atoms with Crippen LogP contribution in [0.25, 0.3) is 0 Å². The lowest BCUT2D eigenvalue weighted by molar-refractivity contribution is -0.136. The smallest absolute Gasteiger partial charge is 0.316 e. The van der Waals surface area contributed by atoms with Crippen molar-refractivity contribution in [3.63, 3.8) is 0 Å². The van der Waals surface area contributed by atoms with Crippen molar-refractivity contribution in [1.29, 1.82) is 0 Å². The monoisotopic (exact) mass is 161 g/mol. The first-order chi connectivity index (χ1) is 4.70. The van der Waals surface area contributed by atoms with Crippen molar-refractivity contribution in [1.82, 2.24) is 0 Å². The van der Waals surface area contributed by atoms with Crippen LogP contribution in [-0.2, 0) is 4.79 Å². The minimum absolute atomic E-state index is 0.209. The van der Waals surface area contributed by atoms with Gasteiger partial charge in [0.1, 0.15) is 5.25 Å². The Kier molecular flexibility index (Phi) is 2.56. The molecule has 1 heterocycles. The third-order valence-corrected chi connectivity index (χ3v) is 3.05. The molecule has 0 amide bonds. The Morgan fingerprint density at radius 1 is 1.60 bits per heavy atom. The van der Waals surface area contributed by atoms with Crippen molar-refractivity contribution in [3.8, 4) is 0 Å². The van der Waals surface area contributed by atoms with Crippen LogP contribution in [0.15, 0.2) is 0 Å². The summed E-state index contributed by atoms with van der Waals surface area (Å²) in [5.74, 6) is 0.0913. The predicted molar refractivity (Wildman–Crippen MR) is 41.1 cm³/mol. The normalized spacial score (nSPS) is 33.7. The van der Waals surface area contributed by atoms with Gasteiger partial charge >= 0.3 is 5.97 Å². The third kappa shape index (κ3) is 1.88. The number of carboxylic acids is 1. The van der Waals surface area contributed by atoms with Gasteiger partial charge in [-0.3, -0.25) is 4.79 Å². The van der Waals surface area contributed by atoms with Gasteiger partial charge in [0.2, 0.25) is 0 Å². The Morgan fingerprint density at radius 3 is 2.70 bits per heavy atom. The van der Waals surface area contributed by atoms with Gasteiger partial charge < -0.3 is 10.8 Å². The first-order valence-electron chi connectivity index (χ1n) is 3.30. The zero-order valence-electron chi connectivity index (χ0n) is 5.62. The zero-order chi connectivity index (χ0) is 7.56. The van der Waals surface area contributed by atoms with Crippen LogP contribution in [0.2, 0.25) is 0 Å². The molecule has 0 bridgehead atoms. The minimum Gasteiger partial charge on any atom is -0.480 e. The van der Waals surface area contributed by atoms with Crippen molar-refractivity contribution in [2.45, 2.75) is 24.1 Å². The fraction of sp³-hybridized carbons (Fsp3) is 0.833. The van der Waals surface area contributed by atoms with E-state index in [1.807, 2.05) is 0 Å². The number of rotatable bonds is 1. The van der Waals surface area contributed by atoms with Crippen LogP contribution in [0, 0.1) is 0 Å². The molecular weight excluding hydrogens is 150 g/mol. The van der Waals surface area contributed by atoms with Crippen molar-refractivity contribution < 1.29 is 9.90 Å². The molecule has 0 aromatic heterocycles. The van der Waals surface area contributed by atoms with Gasteiger partial charge in [-0.1, -0.05) is 0 Å². The van der Waals surface area contributed by atoms with Gasteiger partial charge in [0.25, 0.3) is 0 Å². The Bertz CT molecular complexity index is 132. The second-order valence-corrected chi connectivity index (χ2v) is 3.73. The van der Waals surface area contributed by atoms with Crippen LogP contribution in [-0.4, -0.2) is 28.1 Å². The predicted octanol–water partition coefficient (Wildman–Crippen LogP) is 0.294. The van der Waals surface area contributed by atoms with Crippen molar-refractivity contribution in [2.24, 2.45) is 5.73 Å². The highest BCUT2D eigenvalue weighted by Crippen LogP contribution is 2.24. The van der Waals surface area contributed by atoms with E-state index in [0.717, 1.165) is 18.6 Å². The van der Waals surface area contributed by atoms with Crippen LogP contribution < -0.4 is 5.73 Å². The van der Waals surface area contributed by atoms with Crippen molar-refractivity contribution in [3.05, 3.63) is 0 Å². The second-order valence-electron chi connectivity index (χ2n) is 2.50. The summed E-state index contributed by atoms with van der Waals surface area (Å²) < 4.78 is 0. The minimum atomic E-state index is -0.697. The van der Waals surface area contributed by atoms with Gasteiger partial charge in [0, 0.05) is 11.8 Å². The molecule has 0 radical (unpaired) electrons. The lowest BCUT2D eigenvalue weighted by Gasteiger charge is -2.22. The van der Waals surface area contributed by atoms with Gasteiger partial charge in [-0.25, -0.2) is 0 Å². The summed E-state index contributed by atoms with van der Waals surface area (Å²) in [6.45, 7) is 0. The first-order valence-corrected chi connectivity index (χ1v) is 4.35. The van der Waals surface area contributed by atoms with Crippen molar-refractivity contribution >= 4 is 17.7 Å². The SMILES string of the molecule is N[C@H]1CC[C@H](C(=O)O)SC1. The van der Waals surface area contributed by atoms with E-state index in [9.17, 15) is 4.79 Å². The maximum absolute atomic E-state index is 10.4. The quantitative estimate of drug-likeness (QED) is 0.580. The van der Waals surface area contributed by atoms with Crippen LogP contribution in [0.3, 0.4) is 0 Å². The van der Waals surface area contributed by atoms with Gasteiger partial charge in [-0.2, -0.15) is 0 Å². The van der Waals surface area contributed by atoms with Gasteiger partial charge in [0.05, 0.1) is 0 Å². The standard InChI is InChI=1S/C6H11NO2S/c7-4-1-2-5(6(8)9)10-3-4/h4-5H,1-3,7H2,(H,8,9)/t4-,5+/m0/s1. The second kappa shape index (κ2) is 3.25. The molecule has 0 aromatic carbocycles. The highest BCUT2D eigenvalue weighted by Gasteiger charge is 2.24. The molecule has 0 aromatic rings. The number of hydrogen-bond acceptors (Lipinski definition) is 3. The molecule has 10 heavy (non-hydrogen) atoms. The van der Waals surface area contributed by atoms with E-state index in [-0.39, 0.29) is 11.3 Å². The summed E-state index contributed by atoms with van der Waals surface area (Å²) in [7, 11) is 0. The van der Waals surface area contributed by atoms with E-state index in [4.69, 9.17) is 10.8 Å². The molecule has 0 saturated carbocycles. The Balaban J connectivity index is 2.33. The summed E-state index contributed by atoms with van der Waals surface area (Å²) in [6, 6.07) is 0.209. The number of nitrogens with two attached hydrogens (primary N) is 1. The van der Waals surface area contributed by atoms with E-state index in [1.54, 1.807) is 0 Å². The summed E-state index contributed by atoms with van der Waals surface area (Å²) in [5, 5.41) is 8.35. The van der Waals surface area contributed by atoms with Crippen LogP contribution in [0.1, 0.15) is 12.8 Å². The van der Waals surface area contributed by atoms with Gasteiger partial charge in [-0.15, -0.1) is 11.8 Å². The van der Waals surface area contributed by atoms with Crippen molar-refractivity contribution in [2.75, 3.05) is 5.75 Å². The molecule has 0 spiro atoms. The Labute approximate surface area is 64.0 Å². The van der Waals surface area contributed by atoms with E-state index in [2.05, 4.69) is 0 Å². The lowest BCUT2D eigenvalue weighted by atomic mass is 10.1. The molecule has 1 fully saturated rings. The average molecular weight is 161 g/mol. The first kappa shape index (κ1) is 7.88. The largest absolute Gasteiger partial charge is 0.480 e. The molecule has 0 aliphatic carbocycles. The average Bonchev–Trinajstić information content (AvgIpc) is 1.88. The maximum atomic E-state index is 10.4. The lowest BCUT2D eigenvalue weighted by Crippen LogP contribution is -2.32. The molecule has 1 rings (SSSR count). The summed E-state index contributed by atoms with van der Waals surface area (Å²) in [4.78, 5) is 10.4. The molecule has 1 saturated heterocycles. The molecule has 58 valence electrons. The molecular formula is C6H11NO2S. The third-order valence-electron chi connectivity index (χ3n) is 1.59. The van der Waals surface area contributed by atoms with Crippen LogP contribution in [0.5, 0.6) is 0 Å². The highest BCUT2D eigenvalue weighted by molar-refractivity contribution is 8.00. The maximum Gasteiger partial charge on any atom is 0.316 e. The Hall–Kier alpha value is -0.220. The summed E-state index contributed by atoms with van der Waals surface area (Å²) >= 11 is 1.45. The van der Waals surface area contributed by atoms with Crippen LogP contribution in [0.4, 0.5) is 0 Å². The molecule has 2 atom stereocenters. The molecule has 3 N–H and O–H groups in total. The summed E-state index contributed by atoms with van der Waals surface area (Å²) in [6.07, 6.45) is 1.57. The molecule has 0 unspecified atom stereocenters. The number of carboxylic acid groups (broad SMARTS) is 1. The number of thioether (sulfide) groups is 1. The van der Waals surface area contributed by atoms with E-state index >= 15 is 0 Å². The molecule has 1 aliphatic rings. The van der Waals surface area contributed by atoms with E-state index < -0.39 is 5.97 Å². The Morgan fingerprint density at radius 2 is 2.30 bits per heavy atom. The highest BCUT2D eigenvalue weighted by atomic mass is 32.2. The molecule has 1 aliphatic heterocycles. The van der Waals surface area contributed by atoms with Gasteiger partial charge in [0.15, 0.2) is 0 Å². The molecule has 3 nitrogen and oxygen atoms in total. The zero-order valence-corrected chi connectivity index (χ0v) is 6.43. The topological polar surface area (TPSA) is 63.3 Å². The van der Waals surface area contributed by atoms with Gasteiger partial charge in [-0.05, 0) is 12.8 Å². The summed E-state index contributed by atoms with van der Waals surface area (Å²) in [5.41, 5.74) is 5.58. The van der Waals surface area contributed by atoms with E-state index in [0.29, 0.717) is 0 Å². The number of carbonyl (C=O) groups is 1. The fourth-order valence-corrected chi connectivity index (χ4v) is 2.06. The molecule has 4 heteroatoms. The number of hydrogen-bond donors (Lipinski definition) is 2.